The molecule has 0 unspecified atom stereocenters. The van der Waals surface area contributed by atoms with Crippen LogP contribution in [0.5, 0.6) is 11.5 Å². The zero-order chi connectivity index (χ0) is 35.6. The molecular weight excluding hydrogens is 663 g/mol. The number of hydrogen-bond donors (Lipinski definition) is 0. The van der Waals surface area contributed by atoms with Crippen LogP contribution in [-0.2, 0) is 0 Å². The molecule has 0 fully saturated rings. The maximum absolute atomic E-state index is 6.61. The van der Waals surface area contributed by atoms with Gasteiger partial charge in [0, 0.05) is 38.4 Å². The minimum atomic E-state index is 0.598. The first-order valence-electron chi connectivity index (χ1n) is 18.0. The first kappa shape index (κ1) is 30.3. The largest absolute Gasteiger partial charge is 0.456 e. The second-order valence-electron chi connectivity index (χ2n) is 13.6. The predicted octanol–water partition coefficient (Wildman–Crippen LogP) is 13.0. The number of hydrogen-bond acceptors (Lipinski definition) is 5. The van der Waals surface area contributed by atoms with Crippen molar-refractivity contribution in [2.75, 3.05) is 0 Å². The highest BCUT2D eigenvalue weighted by Crippen LogP contribution is 2.49. The molecule has 0 spiro atoms. The van der Waals surface area contributed by atoms with Gasteiger partial charge in [-0.2, -0.15) is 0 Å². The predicted molar refractivity (Wildman–Crippen MR) is 217 cm³/mol. The van der Waals surface area contributed by atoms with Crippen LogP contribution < -0.4 is 4.74 Å². The lowest BCUT2D eigenvalue weighted by Crippen LogP contribution is -2.02. The summed E-state index contributed by atoms with van der Waals surface area (Å²) in [6.45, 7) is 0. The van der Waals surface area contributed by atoms with Crippen LogP contribution in [0.15, 0.2) is 180 Å². The molecule has 0 bridgehead atoms. The van der Waals surface area contributed by atoms with E-state index in [-0.39, 0.29) is 0 Å². The summed E-state index contributed by atoms with van der Waals surface area (Å²) in [7, 11) is 0. The number of benzene rings is 8. The molecule has 5 nitrogen and oxygen atoms in total. The maximum atomic E-state index is 6.61. The van der Waals surface area contributed by atoms with E-state index in [1.54, 1.807) is 0 Å². The number of fused-ring (bicyclic) bond motifs is 5. The topological polar surface area (TPSA) is 61.0 Å². The third kappa shape index (κ3) is 4.98. The van der Waals surface area contributed by atoms with Crippen molar-refractivity contribution in [1.29, 1.82) is 0 Å². The molecule has 0 radical (unpaired) electrons. The quantitative estimate of drug-likeness (QED) is 0.180. The Morgan fingerprint density at radius 2 is 0.889 bits per heavy atom. The summed E-state index contributed by atoms with van der Waals surface area (Å²) in [5.74, 6) is 3.48. The molecule has 10 aromatic rings. The van der Waals surface area contributed by atoms with Gasteiger partial charge >= 0.3 is 0 Å². The van der Waals surface area contributed by atoms with E-state index in [0.29, 0.717) is 17.5 Å². The Morgan fingerprint density at radius 3 is 1.69 bits per heavy atom. The van der Waals surface area contributed by atoms with Crippen LogP contribution in [0.1, 0.15) is 0 Å². The molecule has 5 heteroatoms. The van der Waals surface area contributed by atoms with E-state index in [9.17, 15) is 0 Å². The fraction of sp³-hybridized carbons (Fsp3) is 0. The fourth-order valence-electron chi connectivity index (χ4n) is 7.71. The van der Waals surface area contributed by atoms with Gasteiger partial charge in [0.05, 0.1) is 0 Å². The van der Waals surface area contributed by atoms with E-state index in [1.165, 1.54) is 0 Å². The molecule has 1 aliphatic rings. The van der Waals surface area contributed by atoms with Crippen LogP contribution in [0.3, 0.4) is 0 Å². The van der Waals surface area contributed by atoms with Gasteiger partial charge in [-0.3, -0.25) is 0 Å². The van der Waals surface area contributed by atoms with Crippen LogP contribution in [0.4, 0.5) is 0 Å². The van der Waals surface area contributed by atoms with Crippen LogP contribution in [-0.4, -0.2) is 15.0 Å². The van der Waals surface area contributed by atoms with Gasteiger partial charge in [-0.25, -0.2) is 15.0 Å². The Balaban J connectivity index is 1.03. The third-order valence-electron chi connectivity index (χ3n) is 10.4. The number of aromatic nitrogens is 3. The smallest absolute Gasteiger partial charge is 0.164 e. The molecule has 2 aromatic heterocycles. The van der Waals surface area contributed by atoms with Crippen molar-refractivity contribution in [2.24, 2.45) is 0 Å². The molecule has 0 saturated heterocycles. The number of nitrogens with zero attached hydrogens (tertiary/aromatic N) is 3. The molecule has 0 aliphatic carbocycles. The van der Waals surface area contributed by atoms with Gasteiger partial charge in [-0.05, 0) is 75.7 Å². The van der Waals surface area contributed by atoms with Crippen LogP contribution >= 0.6 is 0 Å². The molecule has 1 aliphatic heterocycles. The first-order valence-corrected chi connectivity index (χ1v) is 18.0. The van der Waals surface area contributed by atoms with Gasteiger partial charge in [0.1, 0.15) is 22.7 Å². The monoisotopic (exact) mass is 691 g/mol. The highest BCUT2D eigenvalue weighted by atomic mass is 16.5. The number of rotatable bonds is 5. The molecule has 8 aromatic carbocycles. The van der Waals surface area contributed by atoms with Crippen molar-refractivity contribution in [2.45, 2.75) is 0 Å². The highest BCUT2D eigenvalue weighted by molar-refractivity contribution is 6.12. The zero-order valence-electron chi connectivity index (χ0n) is 28.9. The van der Waals surface area contributed by atoms with Gasteiger partial charge in [0.2, 0.25) is 0 Å². The van der Waals surface area contributed by atoms with Crippen molar-refractivity contribution in [3.63, 3.8) is 0 Å². The Morgan fingerprint density at radius 1 is 0.315 bits per heavy atom. The van der Waals surface area contributed by atoms with Crippen LogP contribution in [0, 0.1) is 0 Å². The summed E-state index contributed by atoms with van der Waals surface area (Å²) in [5.41, 5.74) is 11.2. The SMILES string of the molecule is c1ccc(-c2ccc(-c3nc(-c4ccccc4)nc(-c4ccc5c(c4)-c4cccc6c(-c7ccc8oc9ccccc9c8c7)ccc(c46)O5)n3)cc2)cc1. The minimum Gasteiger partial charge on any atom is -0.456 e. The molecular formula is C49H29N3O2. The van der Waals surface area contributed by atoms with Crippen molar-refractivity contribution in [1.82, 2.24) is 15.0 Å². The van der Waals surface area contributed by atoms with Crippen molar-refractivity contribution >= 4 is 32.7 Å². The van der Waals surface area contributed by atoms with Gasteiger partial charge in [-0.1, -0.05) is 133 Å². The van der Waals surface area contributed by atoms with Crippen LogP contribution in [0.25, 0.3) is 100 Å². The normalized spacial score (nSPS) is 11.9. The molecule has 0 saturated carbocycles. The molecule has 11 rings (SSSR count). The summed E-state index contributed by atoms with van der Waals surface area (Å²) in [5, 5.41) is 4.43. The first-order chi connectivity index (χ1) is 26.7. The molecule has 0 amide bonds. The van der Waals surface area contributed by atoms with E-state index < -0.39 is 0 Å². The second-order valence-corrected chi connectivity index (χ2v) is 13.6. The summed E-state index contributed by atoms with van der Waals surface area (Å²) in [4.78, 5) is 15.1. The third-order valence-corrected chi connectivity index (χ3v) is 10.4. The molecule has 54 heavy (non-hydrogen) atoms. The maximum Gasteiger partial charge on any atom is 0.164 e. The molecule has 252 valence electrons. The minimum absolute atomic E-state index is 0.598. The summed E-state index contributed by atoms with van der Waals surface area (Å²) in [6.07, 6.45) is 0. The van der Waals surface area contributed by atoms with E-state index >= 15 is 0 Å². The Kier molecular flexibility index (Phi) is 6.79. The Hall–Kier alpha value is -7.37. The zero-order valence-corrected chi connectivity index (χ0v) is 28.9. The summed E-state index contributed by atoms with van der Waals surface area (Å²) >= 11 is 0. The van der Waals surface area contributed by atoms with E-state index in [1.807, 2.05) is 60.7 Å². The number of furan rings is 1. The van der Waals surface area contributed by atoms with E-state index in [4.69, 9.17) is 24.1 Å². The van der Waals surface area contributed by atoms with Gasteiger partial charge in [-0.15, -0.1) is 0 Å². The number of para-hydroxylation sites is 1. The Labute approximate surface area is 310 Å². The average Bonchev–Trinajstić information content (AvgIpc) is 3.62. The Bertz CT molecular complexity index is 3060. The summed E-state index contributed by atoms with van der Waals surface area (Å²) < 4.78 is 12.7. The average molecular weight is 692 g/mol. The molecule has 0 N–H and O–H groups in total. The standard InChI is InChI=1S/C49H29N3O2/c1-3-10-30(11-4-1)31-18-20-33(21-19-31)48-50-47(32-12-5-2-6-13-32)51-49(52-48)35-23-26-44-41(29-35)39-16-9-15-38-36(24-27-45(54-44)46(38)39)34-22-25-43-40(28-34)37-14-7-8-17-42(37)53-43/h1-29H. The van der Waals surface area contributed by atoms with E-state index in [2.05, 4.69) is 115 Å². The molecule has 3 heterocycles. The lowest BCUT2D eigenvalue weighted by molar-refractivity contribution is 0.487. The van der Waals surface area contributed by atoms with Gasteiger partial charge in [0.15, 0.2) is 17.5 Å². The van der Waals surface area contributed by atoms with Crippen molar-refractivity contribution in [3.8, 4) is 79.0 Å². The van der Waals surface area contributed by atoms with Crippen molar-refractivity contribution < 1.29 is 9.15 Å². The highest BCUT2D eigenvalue weighted by Gasteiger charge is 2.23. The fourth-order valence-corrected chi connectivity index (χ4v) is 7.71. The second kappa shape index (κ2) is 12.1. The lowest BCUT2D eigenvalue weighted by atomic mass is 9.89. The van der Waals surface area contributed by atoms with Gasteiger partial charge < -0.3 is 9.15 Å². The van der Waals surface area contributed by atoms with Crippen LogP contribution in [0.2, 0.25) is 0 Å². The number of ether oxygens (including phenoxy) is 1. The molecule has 0 atom stereocenters. The lowest BCUT2D eigenvalue weighted by Gasteiger charge is -2.23. The summed E-state index contributed by atoms with van der Waals surface area (Å²) in [6, 6.07) is 60.4. The van der Waals surface area contributed by atoms with E-state index in [0.717, 1.165) is 94.3 Å². The van der Waals surface area contributed by atoms with Crippen molar-refractivity contribution in [3.05, 3.63) is 176 Å². The van der Waals surface area contributed by atoms with Gasteiger partial charge in [0.25, 0.3) is 0 Å².